The summed E-state index contributed by atoms with van der Waals surface area (Å²) in [5.74, 6) is -0.832. The Bertz CT molecular complexity index is 502. The van der Waals surface area contributed by atoms with E-state index in [0.29, 0.717) is 13.1 Å². The first-order chi connectivity index (χ1) is 17.1. The molecule has 5 nitrogen and oxygen atoms in total. The average molecular weight is 494 g/mol. The van der Waals surface area contributed by atoms with Gasteiger partial charge >= 0.3 is 0 Å². The van der Waals surface area contributed by atoms with Crippen molar-refractivity contribution in [2.24, 2.45) is 17.6 Å². The second kappa shape index (κ2) is 22.1. The van der Waals surface area contributed by atoms with E-state index in [1.54, 1.807) is 0 Å². The monoisotopic (exact) mass is 493 g/mol. The van der Waals surface area contributed by atoms with Crippen LogP contribution in [0.1, 0.15) is 142 Å². The predicted octanol–water partition coefficient (Wildman–Crippen LogP) is 6.98. The number of nitrogens with one attached hydrogen (secondary N) is 1. The second-order valence-corrected chi connectivity index (χ2v) is 11.0. The van der Waals surface area contributed by atoms with Crippen molar-refractivity contribution in [2.75, 3.05) is 26.2 Å². The molecule has 1 saturated heterocycles. The Morgan fingerprint density at radius 2 is 0.943 bits per heavy atom. The Morgan fingerprint density at radius 3 is 1.31 bits per heavy atom. The number of rotatable bonds is 24. The van der Waals surface area contributed by atoms with E-state index in [1.165, 1.54) is 116 Å². The van der Waals surface area contributed by atoms with Gasteiger partial charge in [0.15, 0.2) is 0 Å². The maximum absolute atomic E-state index is 13.3. The summed E-state index contributed by atoms with van der Waals surface area (Å²) in [5.41, 5.74) is 5.59. The fourth-order valence-corrected chi connectivity index (χ4v) is 5.38. The van der Waals surface area contributed by atoms with Gasteiger partial charge < -0.3 is 16.0 Å². The largest absolute Gasteiger partial charge is 0.369 e. The fourth-order valence-electron chi connectivity index (χ4n) is 5.38. The van der Waals surface area contributed by atoms with Crippen LogP contribution in [-0.4, -0.2) is 42.9 Å². The van der Waals surface area contributed by atoms with Gasteiger partial charge in [-0.3, -0.25) is 9.59 Å². The standard InChI is InChI=1S/C30H59N3O2/c1-3-5-7-9-11-13-15-17-19-21-23-33(30(35)28-26-32-25-27(28)29(31)34)24-22-20-18-16-14-12-10-8-6-4-2/h27-28,32H,3-26H2,1-2H3,(H2,31,34). The molecule has 0 aliphatic carbocycles. The van der Waals surface area contributed by atoms with Gasteiger partial charge in [-0.15, -0.1) is 0 Å². The molecule has 1 rings (SSSR count). The van der Waals surface area contributed by atoms with Crippen LogP contribution < -0.4 is 11.1 Å². The van der Waals surface area contributed by atoms with Crippen molar-refractivity contribution in [2.45, 2.75) is 142 Å². The van der Waals surface area contributed by atoms with Crippen LogP contribution in [0, 0.1) is 11.8 Å². The maximum atomic E-state index is 13.3. The molecule has 35 heavy (non-hydrogen) atoms. The molecule has 1 aliphatic heterocycles. The third kappa shape index (κ3) is 15.6. The fraction of sp³-hybridized carbons (Fsp3) is 0.933. The number of amides is 2. The summed E-state index contributed by atoms with van der Waals surface area (Å²) < 4.78 is 0. The van der Waals surface area contributed by atoms with E-state index in [9.17, 15) is 9.59 Å². The van der Waals surface area contributed by atoms with Crippen LogP contribution in [0.25, 0.3) is 0 Å². The van der Waals surface area contributed by atoms with Gasteiger partial charge in [0.1, 0.15) is 0 Å². The first kappa shape index (κ1) is 31.9. The zero-order valence-corrected chi connectivity index (χ0v) is 23.5. The van der Waals surface area contributed by atoms with Crippen LogP contribution in [0.2, 0.25) is 0 Å². The number of unbranched alkanes of at least 4 members (excludes halogenated alkanes) is 18. The molecule has 0 aromatic carbocycles. The minimum Gasteiger partial charge on any atom is -0.369 e. The van der Waals surface area contributed by atoms with Gasteiger partial charge in [-0.2, -0.15) is 0 Å². The van der Waals surface area contributed by atoms with Crippen LogP contribution in [0.15, 0.2) is 0 Å². The minimum absolute atomic E-state index is 0.144. The van der Waals surface area contributed by atoms with E-state index < -0.39 is 0 Å². The number of nitrogens with zero attached hydrogens (tertiary/aromatic N) is 1. The number of primary amides is 1. The van der Waals surface area contributed by atoms with Gasteiger partial charge in [-0.05, 0) is 12.8 Å². The number of hydrogen-bond donors (Lipinski definition) is 2. The average Bonchev–Trinajstić information content (AvgIpc) is 3.35. The summed E-state index contributed by atoms with van der Waals surface area (Å²) in [6.45, 7) is 7.31. The van der Waals surface area contributed by atoms with Crippen LogP contribution in [-0.2, 0) is 9.59 Å². The Hall–Kier alpha value is -1.10. The van der Waals surface area contributed by atoms with Crippen LogP contribution in [0.3, 0.4) is 0 Å². The van der Waals surface area contributed by atoms with E-state index in [-0.39, 0.29) is 23.7 Å². The SMILES string of the molecule is CCCCCCCCCCCCN(CCCCCCCCCCCC)C(=O)C1CNCC1C(N)=O. The number of carbonyl (C=O) groups is 2. The predicted molar refractivity (Wildman–Crippen MR) is 149 cm³/mol. The Labute approximate surface area is 217 Å². The highest BCUT2D eigenvalue weighted by Crippen LogP contribution is 2.21. The molecule has 2 unspecified atom stereocenters. The number of hydrogen-bond acceptors (Lipinski definition) is 3. The van der Waals surface area contributed by atoms with Crippen molar-refractivity contribution >= 4 is 11.8 Å². The minimum atomic E-state index is -0.356. The molecule has 0 aromatic rings. The lowest BCUT2D eigenvalue weighted by atomic mass is 9.93. The molecule has 0 aromatic heterocycles. The summed E-state index contributed by atoms with van der Waals surface area (Å²) in [6, 6.07) is 0. The molecule has 206 valence electrons. The first-order valence-corrected chi connectivity index (χ1v) is 15.4. The molecule has 0 radical (unpaired) electrons. The van der Waals surface area contributed by atoms with Crippen molar-refractivity contribution in [3.63, 3.8) is 0 Å². The van der Waals surface area contributed by atoms with E-state index in [0.717, 1.165) is 25.9 Å². The van der Waals surface area contributed by atoms with Gasteiger partial charge in [0.25, 0.3) is 0 Å². The lowest BCUT2D eigenvalue weighted by molar-refractivity contribution is -0.139. The summed E-state index contributed by atoms with van der Waals surface area (Å²) in [6.07, 6.45) is 26.0. The topological polar surface area (TPSA) is 75.4 Å². The van der Waals surface area contributed by atoms with Crippen LogP contribution >= 0.6 is 0 Å². The van der Waals surface area contributed by atoms with Crippen LogP contribution in [0.4, 0.5) is 0 Å². The quantitative estimate of drug-likeness (QED) is 0.142. The Balaban J connectivity index is 2.31. The summed E-state index contributed by atoms with van der Waals surface area (Å²) >= 11 is 0. The molecular weight excluding hydrogens is 434 g/mol. The zero-order chi connectivity index (χ0) is 25.6. The smallest absolute Gasteiger partial charge is 0.227 e. The van der Waals surface area contributed by atoms with Gasteiger partial charge in [0.2, 0.25) is 11.8 Å². The van der Waals surface area contributed by atoms with Gasteiger partial charge in [0.05, 0.1) is 11.8 Å². The molecule has 1 heterocycles. The maximum Gasteiger partial charge on any atom is 0.227 e. The van der Waals surface area contributed by atoms with Crippen molar-refractivity contribution in [3.8, 4) is 0 Å². The number of nitrogens with two attached hydrogens (primary N) is 1. The van der Waals surface area contributed by atoms with Crippen LogP contribution in [0.5, 0.6) is 0 Å². The zero-order valence-electron chi connectivity index (χ0n) is 23.5. The van der Waals surface area contributed by atoms with E-state index in [2.05, 4.69) is 24.1 Å². The molecule has 1 fully saturated rings. The molecular formula is C30H59N3O2. The van der Waals surface area contributed by atoms with Crippen molar-refractivity contribution in [1.82, 2.24) is 10.2 Å². The lowest BCUT2D eigenvalue weighted by Crippen LogP contribution is -2.43. The Morgan fingerprint density at radius 1 is 0.600 bits per heavy atom. The Kier molecular flexibility index (Phi) is 20.2. The normalized spacial score (nSPS) is 17.7. The molecule has 3 N–H and O–H groups in total. The van der Waals surface area contributed by atoms with Gasteiger partial charge in [-0.25, -0.2) is 0 Å². The summed E-state index contributed by atoms with van der Waals surface area (Å²) in [5, 5.41) is 3.21. The van der Waals surface area contributed by atoms with E-state index in [4.69, 9.17) is 5.73 Å². The third-order valence-electron chi connectivity index (χ3n) is 7.77. The summed E-state index contributed by atoms with van der Waals surface area (Å²) in [7, 11) is 0. The molecule has 2 amide bonds. The number of carbonyl (C=O) groups excluding carboxylic acids is 2. The highest BCUT2D eigenvalue weighted by atomic mass is 16.2. The molecule has 0 saturated carbocycles. The third-order valence-corrected chi connectivity index (χ3v) is 7.77. The second-order valence-electron chi connectivity index (χ2n) is 11.0. The van der Waals surface area contributed by atoms with Crippen molar-refractivity contribution in [1.29, 1.82) is 0 Å². The first-order valence-electron chi connectivity index (χ1n) is 15.4. The van der Waals surface area contributed by atoms with Gasteiger partial charge in [0, 0.05) is 26.2 Å². The van der Waals surface area contributed by atoms with E-state index in [1.807, 2.05) is 0 Å². The lowest BCUT2D eigenvalue weighted by Gasteiger charge is -2.27. The highest BCUT2D eigenvalue weighted by molar-refractivity contribution is 5.88. The van der Waals surface area contributed by atoms with Gasteiger partial charge in [-0.1, -0.05) is 129 Å². The molecule has 0 bridgehead atoms. The summed E-state index contributed by atoms with van der Waals surface area (Å²) in [4.78, 5) is 27.2. The van der Waals surface area contributed by atoms with E-state index >= 15 is 0 Å². The molecule has 5 heteroatoms. The van der Waals surface area contributed by atoms with Crippen molar-refractivity contribution < 1.29 is 9.59 Å². The molecule has 2 atom stereocenters. The molecule has 0 spiro atoms. The van der Waals surface area contributed by atoms with Crippen molar-refractivity contribution in [3.05, 3.63) is 0 Å². The highest BCUT2D eigenvalue weighted by Gasteiger charge is 2.38. The molecule has 1 aliphatic rings.